The number of hydrogen-bond donors (Lipinski definition) is 3. The van der Waals surface area contributed by atoms with Crippen molar-refractivity contribution in [2.75, 3.05) is 11.9 Å². The van der Waals surface area contributed by atoms with Gasteiger partial charge in [0.2, 0.25) is 0 Å². The zero-order valence-electron chi connectivity index (χ0n) is 19.5. The second kappa shape index (κ2) is 7.95. The highest BCUT2D eigenvalue weighted by Crippen LogP contribution is 2.53. The number of rotatable bonds is 5. The van der Waals surface area contributed by atoms with Gasteiger partial charge in [0.05, 0.1) is 12.2 Å². The average molecular weight is 498 g/mol. The number of fused-ring (bicyclic) bond motifs is 2. The molecule has 2 atom stereocenters. The van der Waals surface area contributed by atoms with Crippen LogP contribution in [0.3, 0.4) is 0 Å². The number of amides is 1. The lowest BCUT2D eigenvalue weighted by atomic mass is 9.81. The number of hydrogen-bond acceptors (Lipinski definition) is 5. The van der Waals surface area contributed by atoms with Crippen LogP contribution in [0.25, 0.3) is 33.4 Å². The molecule has 3 fully saturated rings. The van der Waals surface area contributed by atoms with Gasteiger partial charge in [-0.05, 0) is 42.3 Å². The van der Waals surface area contributed by atoms with Crippen molar-refractivity contribution in [3.63, 3.8) is 0 Å². The predicted octanol–water partition coefficient (Wildman–Crippen LogP) is 5.24. The number of carbonyl (C=O) groups excluding carboxylic acids is 1. The number of carbonyl (C=O) groups is 1. The number of nitrogens with one attached hydrogen (secondary N) is 3. The van der Waals surface area contributed by atoms with E-state index in [4.69, 9.17) is 0 Å². The van der Waals surface area contributed by atoms with Gasteiger partial charge in [-0.3, -0.25) is 9.89 Å². The van der Waals surface area contributed by atoms with Crippen molar-refractivity contribution in [3.8, 4) is 22.5 Å². The van der Waals surface area contributed by atoms with Crippen LogP contribution in [-0.2, 0) is 0 Å². The van der Waals surface area contributed by atoms with Crippen LogP contribution in [0, 0.1) is 5.92 Å². The van der Waals surface area contributed by atoms with E-state index in [1.807, 2.05) is 48.7 Å². The fraction of sp³-hybridized carbons (Fsp3) is 0.185. The highest BCUT2D eigenvalue weighted by molar-refractivity contribution is 5.99. The van der Waals surface area contributed by atoms with E-state index in [0.29, 0.717) is 23.8 Å². The lowest BCUT2D eigenvalue weighted by Gasteiger charge is -2.35. The molecule has 8 nitrogen and oxygen atoms in total. The summed E-state index contributed by atoms with van der Waals surface area (Å²) in [5.74, 6) is -2.72. The summed E-state index contributed by atoms with van der Waals surface area (Å²) in [6.07, 6.45) is 5.66. The third-order valence-corrected chi connectivity index (χ3v) is 7.31. The molecule has 5 heterocycles. The minimum Gasteiger partial charge on any atom is -0.351 e. The minimum absolute atomic E-state index is 0.108. The van der Waals surface area contributed by atoms with Crippen LogP contribution < -0.4 is 5.32 Å². The summed E-state index contributed by atoms with van der Waals surface area (Å²) < 4.78 is 28.0. The SMILES string of the molecule is O=C(c1cc2ccc(-c3nccc(Nc4ccc(-c5cn[nH]c5)cc4)n3)cc2[nH]1)N1CC2C[C@H]1C2(F)F. The van der Waals surface area contributed by atoms with E-state index in [0.717, 1.165) is 33.3 Å². The molecule has 3 aromatic heterocycles. The van der Waals surface area contributed by atoms with Gasteiger partial charge in [0, 0.05) is 52.6 Å². The molecule has 3 N–H and O–H groups in total. The van der Waals surface area contributed by atoms with Crippen LogP contribution in [0.1, 0.15) is 16.9 Å². The number of halogens is 2. The summed E-state index contributed by atoms with van der Waals surface area (Å²) in [7, 11) is 0. The summed E-state index contributed by atoms with van der Waals surface area (Å²) in [5.41, 5.74) is 4.74. The molecule has 1 saturated carbocycles. The summed E-state index contributed by atoms with van der Waals surface area (Å²) in [6, 6.07) is 16.1. The molecule has 0 radical (unpaired) electrons. The molecule has 2 aromatic carbocycles. The van der Waals surface area contributed by atoms with Gasteiger partial charge in [-0.25, -0.2) is 18.7 Å². The molecule has 1 aliphatic carbocycles. The Bertz CT molecular complexity index is 1630. The van der Waals surface area contributed by atoms with E-state index in [1.165, 1.54) is 4.90 Å². The second-order valence-corrected chi connectivity index (χ2v) is 9.52. The van der Waals surface area contributed by atoms with E-state index < -0.39 is 17.9 Å². The van der Waals surface area contributed by atoms with Gasteiger partial charge in [0.25, 0.3) is 11.8 Å². The summed E-state index contributed by atoms with van der Waals surface area (Å²) in [6.45, 7) is 0.108. The van der Waals surface area contributed by atoms with Crippen LogP contribution in [0.2, 0.25) is 0 Å². The van der Waals surface area contributed by atoms with Gasteiger partial charge in [-0.15, -0.1) is 0 Å². The van der Waals surface area contributed by atoms with Crippen LogP contribution in [0.15, 0.2) is 73.2 Å². The summed E-state index contributed by atoms with van der Waals surface area (Å²) in [5, 5.41) is 10.9. The zero-order valence-corrected chi connectivity index (χ0v) is 19.5. The first-order valence-electron chi connectivity index (χ1n) is 12.0. The maximum Gasteiger partial charge on any atom is 0.272 e. The molecule has 2 aliphatic heterocycles. The number of alkyl halides is 2. The smallest absolute Gasteiger partial charge is 0.272 e. The Kier molecular flexibility index (Phi) is 4.66. The van der Waals surface area contributed by atoms with Gasteiger partial charge < -0.3 is 15.2 Å². The Hall–Kier alpha value is -4.60. The van der Waals surface area contributed by atoms with Crippen molar-refractivity contribution in [2.24, 2.45) is 5.92 Å². The Morgan fingerprint density at radius 2 is 1.89 bits per heavy atom. The monoisotopic (exact) mass is 497 g/mol. The third-order valence-electron chi connectivity index (χ3n) is 7.31. The highest BCUT2D eigenvalue weighted by atomic mass is 19.3. The Morgan fingerprint density at radius 3 is 2.62 bits per heavy atom. The fourth-order valence-electron chi connectivity index (χ4n) is 5.22. The average Bonchev–Trinajstić information content (AvgIpc) is 3.71. The standard InChI is InChI=1S/C27H21F2N7O/c28-27(29)19-11-23(27)36(14-19)26(37)22-9-16-1-2-17(10-21(16)34-22)25-30-8-7-24(35-25)33-20-5-3-15(4-6-20)18-12-31-32-13-18/h1-10,12-13,19,23,34H,11,14H2,(H,31,32)(H,30,33,35)/t19?,23-/m0/s1. The van der Waals surface area contributed by atoms with Gasteiger partial charge in [0.1, 0.15) is 11.5 Å². The molecular formula is C27H21F2N7O. The van der Waals surface area contributed by atoms with Gasteiger partial charge >= 0.3 is 0 Å². The van der Waals surface area contributed by atoms with Gasteiger partial charge in [-0.2, -0.15) is 5.10 Å². The summed E-state index contributed by atoms with van der Waals surface area (Å²) >= 11 is 0. The van der Waals surface area contributed by atoms with Gasteiger partial charge in [0.15, 0.2) is 5.82 Å². The highest BCUT2D eigenvalue weighted by Gasteiger charge is 2.67. The maximum atomic E-state index is 14.0. The number of nitrogens with zero attached hydrogens (tertiary/aromatic N) is 4. The molecule has 3 aliphatic rings. The largest absolute Gasteiger partial charge is 0.351 e. The normalized spacial score (nSPS) is 19.7. The topological polar surface area (TPSA) is 103 Å². The number of H-pyrrole nitrogens is 2. The summed E-state index contributed by atoms with van der Waals surface area (Å²) in [4.78, 5) is 26.4. The molecule has 0 spiro atoms. The van der Waals surface area contributed by atoms with Crippen molar-refractivity contribution < 1.29 is 13.6 Å². The molecule has 1 amide bonds. The first-order chi connectivity index (χ1) is 18.0. The minimum atomic E-state index is -2.77. The molecule has 2 saturated heterocycles. The van der Waals surface area contributed by atoms with Crippen molar-refractivity contribution >= 4 is 28.3 Å². The number of aromatic nitrogens is 5. The maximum absolute atomic E-state index is 14.0. The van der Waals surface area contributed by atoms with E-state index >= 15 is 0 Å². The van der Waals surface area contributed by atoms with Crippen molar-refractivity contribution in [1.29, 1.82) is 0 Å². The van der Waals surface area contributed by atoms with Crippen molar-refractivity contribution in [3.05, 3.63) is 78.9 Å². The van der Waals surface area contributed by atoms with Crippen molar-refractivity contribution in [2.45, 2.75) is 18.4 Å². The molecule has 1 unspecified atom stereocenters. The zero-order chi connectivity index (χ0) is 25.1. The van der Waals surface area contributed by atoms with Crippen LogP contribution in [0.5, 0.6) is 0 Å². The number of aromatic amines is 2. The molecular weight excluding hydrogens is 476 g/mol. The van der Waals surface area contributed by atoms with Crippen molar-refractivity contribution in [1.82, 2.24) is 30.0 Å². The number of anilines is 2. The molecule has 37 heavy (non-hydrogen) atoms. The molecule has 184 valence electrons. The van der Waals surface area contributed by atoms with Crippen LogP contribution in [-0.4, -0.2) is 54.5 Å². The first kappa shape index (κ1) is 21.7. The first-order valence-corrected chi connectivity index (χ1v) is 12.0. The Labute approximate surface area is 209 Å². The lowest BCUT2D eigenvalue weighted by molar-refractivity contribution is -0.126. The third kappa shape index (κ3) is 3.55. The van der Waals surface area contributed by atoms with E-state index in [-0.39, 0.29) is 12.5 Å². The number of benzene rings is 2. The quantitative estimate of drug-likeness (QED) is 0.308. The lowest BCUT2D eigenvalue weighted by Crippen LogP contribution is -2.50. The van der Waals surface area contributed by atoms with Crippen LogP contribution >= 0.6 is 0 Å². The fourth-order valence-corrected chi connectivity index (χ4v) is 5.22. The van der Waals surface area contributed by atoms with Gasteiger partial charge in [-0.1, -0.05) is 24.3 Å². The Balaban J connectivity index is 1.11. The second-order valence-electron chi connectivity index (χ2n) is 9.52. The molecule has 2 bridgehead atoms. The Morgan fingerprint density at radius 1 is 1.05 bits per heavy atom. The van der Waals surface area contributed by atoms with E-state index in [1.54, 1.807) is 24.5 Å². The van der Waals surface area contributed by atoms with Crippen LogP contribution in [0.4, 0.5) is 20.3 Å². The van der Waals surface area contributed by atoms with E-state index in [2.05, 4.69) is 30.5 Å². The molecule has 5 aromatic rings. The molecule has 8 rings (SSSR count). The molecule has 10 heteroatoms. The predicted molar refractivity (Wildman–Crippen MR) is 135 cm³/mol. The van der Waals surface area contributed by atoms with E-state index in [9.17, 15) is 13.6 Å².